The van der Waals surface area contributed by atoms with Gasteiger partial charge in [-0.05, 0) is 43.2 Å². The molecule has 1 unspecified atom stereocenters. The molecule has 0 amide bonds. The number of methoxy groups -OCH3 is 2. The number of nitrogens with one attached hydrogen (secondary N) is 1. The zero-order valence-corrected chi connectivity index (χ0v) is 12.6. The molecule has 0 heterocycles. The van der Waals surface area contributed by atoms with Crippen molar-refractivity contribution in [2.24, 2.45) is 5.41 Å². The number of hydrogen-bond acceptors (Lipinski definition) is 3. The Labute approximate surface area is 121 Å². The summed E-state index contributed by atoms with van der Waals surface area (Å²) in [6.07, 6.45) is 9.74. The van der Waals surface area contributed by atoms with E-state index in [1.807, 2.05) is 12.1 Å². The van der Waals surface area contributed by atoms with Crippen LogP contribution in [0.1, 0.15) is 44.9 Å². The van der Waals surface area contributed by atoms with Gasteiger partial charge in [-0.15, -0.1) is 0 Å². The van der Waals surface area contributed by atoms with Crippen LogP contribution in [-0.2, 0) is 0 Å². The van der Waals surface area contributed by atoms with Crippen LogP contribution >= 0.6 is 0 Å². The van der Waals surface area contributed by atoms with E-state index in [4.69, 9.17) is 9.47 Å². The van der Waals surface area contributed by atoms with Gasteiger partial charge in [0.1, 0.15) is 0 Å². The molecule has 0 saturated heterocycles. The lowest BCUT2D eigenvalue weighted by molar-refractivity contribution is 0.0571. The van der Waals surface area contributed by atoms with Gasteiger partial charge in [0, 0.05) is 17.8 Å². The predicted octanol–water partition coefficient (Wildman–Crippen LogP) is 4.23. The van der Waals surface area contributed by atoms with Gasteiger partial charge >= 0.3 is 0 Å². The molecule has 3 heteroatoms. The Hall–Kier alpha value is -1.38. The van der Waals surface area contributed by atoms with Gasteiger partial charge in [0.05, 0.1) is 14.2 Å². The molecule has 1 atom stereocenters. The van der Waals surface area contributed by atoms with Gasteiger partial charge < -0.3 is 14.8 Å². The fourth-order valence-electron chi connectivity index (χ4n) is 3.90. The smallest absolute Gasteiger partial charge is 0.162 e. The number of rotatable bonds is 4. The molecule has 2 fully saturated rings. The first-order chi connectivity index (χ1) is 9.77. The maximum absolute atomic E-state index is 5.38. The molecule has 20 heavy (non-hydrogen) atoms. The first kappa shape index (κ1) is 13.6. The summed E-state index contributed by atoms with van der Waals surface area (Å²) in [7, 11) is 3.36. The molecule has 2 aliphatic carbocycles. The van der Waals surface area contributed by atoms with E-state index in [1.165, 1.54) is 44.9 Å². The Balaban J connectivity index is 1.71. The van der Waals surface area contributed by atoms with Crippen LogP contribution in [0.3, 0.4) is 0 Å². The van der Waals surface area contributed by atoms with Crippen molar-refractivity contribution in [2.75, 3.05) is 19.5 Å². The van der Waals surface area contributed by atoms with Gasteiger partial charge in [-0.3, -0.25) is 0 Å². The quantitative estimate of drug-likeness (QED) is 0.892. The van der Waals surface area contributed by atoms with Gasteiger partial charge in [0.25, 0.3) is 0 Å². The normalized spacial score (nSPS) is 24.0. The summed E-state index contributed by atoms with van der Waals surface area (Å²) in [5.74, 6) is 1.59. The zero-order valence-electron chi connectivity index (χ0n) is 12.6. The van der Waals surface area contributed by atoms with Crippen LogP contribution < -0.4 is 14.8 Å². The summed E-state index contributed by atoms with van der Waals surface area (Å²) in [6, 6.07) is 6.76. The lowest BCUT2D eigenvalue weighted by Gasteiger charge is -2.52. The van der Waals surface area contributed by atoms with Gasteiger partial charge in [0.15, 0.2) is 11.5 Å². The van der Waals surface area contributed by atoms with E-state index >= 15 is 0 Å². The number of anilines is 1. The predicted molar refractivity (Wildman–Crippen MR) is 81.7 cm³/mol. The summed E-state index contributed by atoms with van der Waals surface area (Å²) in [5, 5.41) is 3.73. The first-order valence-electron chi connectivity index (χ1n) is 7.76. The van der Waals surface area contributed by atoms with E-state index in [1.54, 1.807) is 14.2 Å². The van der Waals surface area contributed by atoms with E-state index in [0.29, 0.717) is 11.5 Å². The minimum atomic E-state index is 0.575. The van der Waals surface area contributed by atoms with E-state index in [9.17, 15) is 0 Å². The Bertz CT molecular complexity index is 466. The Morgan fingerprint density at radius 3 is 2.35 bits per heavy atom. The molecule has 1 aromatic rings. The van der Waals surface area contributed by atoms with Gasteiger partial charge in [-0.25, -0.2) is 0 Å². The van der Waals surface area contributed by atoms with Crippen LogP contribution in [0, 0.1) is 5.41 Å². The zero-order chi connectivity index (χ0) is 14.0. The topological polar surface area (TPSA) is 30.5 Å². The molecule has 110 valence electrons. The largest absolute Gasteiger partial charge is 0.493 e. The van der Waals surface area contributed by atoms with Crippen LogP contribution in [0.25, 0.3) is 0 Å². The molecule has 1 spiro atoms. The fraction of sp³-hybridized carbons (Fsp3) is 0.647. The Morgan fingerprint density at radius 2 is 1.75 bits per heavy atom. The SMILES string of the molecule is COc1ccc(NC2CCC23CCCCC3)cc1OC. The lowest BCUT2D eigenvalue weighted by atomic mass is 9.57. The van der Waals surface area contributed by atoms with Crippen molar-refractivity contribution in [3.05, 3.63) is 18.2 Å². The third-order valence-electron chi connectivity index (χ3n) is 5.24. The summed E-state index contributed by atoms with van der Waals surface area (Å²) < 4.78 is 10.7. The van der Waals surface area contributed by atoms with Crippen molar-refractivity contribution in [3.8, 4) is 11.5 Å². The molecule has 0 aromatic heterocycles. The summed E-state index contributed by atoms with van der Waals surface area (Å²) in [6.45, 7) is 0. The molecule has 1 aromatic carbocycles. The van der Waals surface area contributed by atoms with E-state index in [0.717, 1.165) is 17.2 Å². The summed E-state index contributed by atoms with van der Waals surface area (Å²) in [5.41, 5.74) is 1.73. The van der Waals surface area contributed by atoms with E-state index in [-0.39, 0.29) is 0 Å². The Morgan fingerprint density at radius 1 is 1.00 bits per heavy atom. The van der Waals surface area contributed by atoms with E-state index < -0.39 is 0 Å². The molecule has 0 radical (unpaired) electrons. The van der Waals surface area contributed by atoms with Crippen molar-refractivity contribution in [1.82, 2.24) is 0 Å². The highest BCUT2D eigenvalue weighted by atomic mass is 16.5. The van der Waals surface area contributed by atoms with Crippen LogP contribution in [0.5, 0.6) is 11.5 Å². The molecular formula is C17H25NO2. The summed E-state index contributed by atoms with van der Waals surface area (Å²) in [4.78, 5) is 0. The highest BCUT2D eigenvalue weighted by molar-refractivity contribution is 5.55. The van der Waals surface area contributed by atoms with Crippen molar-refractivity contribution in [2.45, 2.75) is 51.0 Å². The molecule has 3 nitrogen and oxygen atoms in total. The van der Waals surface area contributed by atoms with Gasteiger partial charge in [0.2, 0.25) is 0 Å². The van der Waals surface area contributed by atoms with Crippen molar-refractivity contribution in [1.29, 1.82) is 0 Å². The van der Waals surface area contributed by atoms with Crippen molar-refractivity contribution < 1.29 is 9.47 Å². The Kier molecular flexibility index (Phi) is 3.77. The minimum absolute atomic E-state index is 0.575. The molecule has 0 bridgehead atoms. The molecule has 2 aliphatic rings. The maximum Gasteiger partial charge on any atom is 0.162 e. The van der Waals surface area contributed by atoms with Crippen molar-refractivity contribution >= 4 is 5.69 Å². The summed E-state index contributed by atoms with van der Waals surface area (Å²) >= 11 is 0. The van der Waals surface area contributed by atoms with Crippen LogP contribution in [0.15, 0.2) is 18.2 Å². The molecule has 1 N–H and O–H groups in total. The molecule has 0 aliphatic heterocycles. The second-order valence-electron chi connectivity index (χ2n) is 6.23. The second kappa shape index (κ2) is 5.55. The minimum Gasteiger partial charge on any atom is -0.493 e. The van der Waals surface area contributed by atoms with Crippen LogP contribution in [0.4, 0.5) is 5.69 Å². The standard InChI is InChI=1S/C17H25NO2/c1-19-14-7-6-13(12-15(14)20-2)18-16-8-11-17(16)9-4-3-5-10-17/h6-7,12,16,18H,3-5,8-11H2,1-2H3. The highest BCUT2D eigenvalue weighted by Crippen LogP contribution is 2.52. The lowest BCUT2D eigenvalue weighted by Crippen LogP contribution is -2.50. The van der Waals surface area contributed by atoms with E-state index in [2.05, 4.69) is 11.4 Å². The first-order valence-corrected chi connectivity index (χ1v) is 7.76. The van der Waals surface area contributed by atoms with Crippen molar-refractivity contribution in [3.63, 3.8) is 0 Å². The van der Waals surface area contributed by atoms with Crippen LogP contribution in [0.2, 0.25) is 0 Å². The molecule has 3 rings (SSSR count). The third kappa shape index (κ3) is 2.34. The number of ether oxygens (including phenoxy) is 2. The fourth-order valence-corrected chi connectivity index (χ4v) is 3.90. The molecular weight excluding hydrogens is 250 g/mol. The second-order valence-corrected chi connectivity index (χ2v) is 6.23. The maximum atomic E-state index is 5.38. The van der Waals surface area contributed by atoms with Crippen LogP contribution in [-0.4, -0.2) is 20.3 Å². The number of benzene rings is 1. The third-order valence-corrected chi connectivity index (χ3v) is 5.24. The monoisotopic (exact) mass is 275 g/mol. The average Bonchev–Trinajstić information content (AvgIpc) is 2.52. The van der Waals surface area contributed by atoms with Gasteiger partial charge in [-0.1, -0.05) is 19.3 Å². The van der Waals surface area contributed by atoms with Gasteiger partial charge in [-0.2, -0.15) is 0 Å². The number of hydrogen-bond donors (Lipinski definition) is 1. The average molecular weight is 275 g/mol. The highest BCUT2D eigenvalue weighted by Gasteiger charge is 2.46. The molecule has 2 saturated carbocycles.